The summed E-state index contributed by atoms with van der Waals surface area (Å²) in [6.07, 6.45) is 0. The van der Waals surface area contributed by atoms with Crippen LogP contribution in [-0.4, -0.2) is 82.6 Å². The molecule has 0 radical (unpaired) electrons. The van der Waals surface area contributed by atoms with Gasteiger partial charge in [-0.2, -0.15) is 4.31 Å². The number of nitro benzene ring substituents is 1. The minimum Gasteiger partial charge on any atom is -0.394 e. The first-order valence-electron chi connectivity index (χ1n) is 7.95. The number of sulfonamides is 1. The number of ether oxygens (including phenoxy) is 3. The van der Waals surface area contributed by atoms with Gasteiger partial charge in [0, 0.05) is 19.7 Å². The Bertz CT molecular complexity index is 653. The van der Waals surface area contributed by atoms with E-state index >= 15 is 0 Å². The zero-order valence-corrected chi connectivity index (χ0v) is 15.4. The standard InChI is InChI=1S/C15H24N2O8S/c1-16(6-8-23-10-12-25-13-11-24-9-7-18)26(21,22)15-5-3-2-4-14(15)17(19)20/h2-5,18H,6-13H2,1H3. The molecule has 0 saturated carbocycles. The van der Waals surface area contributed by atoms with Crippen molar-refractivity contribution in [1.29, 1.82) is 0 Å². The Morgan fingerprint density at radius 2 is 1.58 bits per heavy atom. The molecule has 26 heavy (non-hydrogen) atoms. The molecule has 11 heteroatoms. The Morgan fingerprint density at radius 3 is 2.15 bits per heavy atom. The van der Waals surface area contributed by atoms with E-state index < -0.39 is 20.6 Å². The van der Waals surface area contributed by atoms with Crippen molar-refractivity contribution >= 4 is 15.7 Å². The highest BCUT2D eigenvalue weighted by molar-refractivity contribution is 7.89. The highest BCUT2D eigenvalue weighted by Crippen LogP contribution is 2.25. The van der Waals surface area contributed by atoms with Gasteiger partial charge >= 0.3 is 0 Å². The molecule has 0 aliphatic heterocycles. The highest BCUT2D eigenvalue weighted by atomic mass is 32.2. The molecule has 0 bridgehead atoms. The number of likely N-dealkylation sites (N-methyl/N-ethyl adjacent to an activating group) is 1. The second-order valence-electron chi connectivity index (χ2n) is 5.11. The third-order valence-electron chi connectivity index (χ3n) is 3.28. The smallest absolute Gasteiger partial charge is 0.289 e. The molecular formula is C15H24N2O8S. The van der Waals surface area contributed by atoms with Crippen molar-refractivity contribution in [3.8, 4) is 0 Å². The lowest BCUT2D eigenvalue weighted by Gasteiger charge is -2.17. The molecular weight excluding hydrogens is 368 g/mol. The van der Waals surface area contributed by atoms with E-state index in [1.54, 1.807) is 0 Å². The van der Waals surface area contributed by atoms with Crippen molar-refractivity contribution in [2.75, 3.05) is 59.8 Å². The molecule has 0 fully saturated rings. The van der Waals surface area contributed by atoms with E-state index in [2.05, 4.69) is 0 Å². The van der Waals surface area contributed by atoms with Crippen molar-refractivity contribution in [3.63, 3.8) is 0 Å². The predicted molar refractivity (Wildman–Crippen MR) is 92.5 cm³/mol. The average molecular weight is 392 g/mol. The number of aliphatic hydroxyl groups is 1. The number of nitrogens with zero attached hydrogens (tertiary/aromatic N) is 2. The van der Waals surface area contributed by atoms with E-state index in [0.717, 1.165) is 10.4 Å². The van der Waals surface area contributed by atoms with Crippen LogP contribution in [0.1, 0.15) is 0 Å². The van der Waals surface area contributed by atoms with Gasteiger partial charge in [0.05, 0.1) is 51.2 Å². The summed E-state index contributed by atoms with van der Waals surface area (Å²) in [6.45, 7) is 1.75. The fraction of sp³-hybridized carbons (Fsp3) is 0.600. The molecule has 0 unspecified atom stereocenters. The lowest BCUT2D eigenvalue weighted by molar-refractivity contribution is -0.387. The van der Waals surface area contributed by atoms with Gasteiger partial charge in [0.2, 0.25) is 10.0 Å². The molecule has 0 aromatic heterocycles. The van der Waals surface area contributed by atoms with E-state index in [9.17, 15) is 18.5 Å². The SMILES string of the molecule is CN(CCOCCOCCOCCO)S(=O)(=O)c1ccccc1[N+](=O)[O-]. The van der Waals surface area contributed by atoms with Crippen LogP contribution in [0.2, 0.25) is 0 Å². The number of nitro groups is 1. The molecule has 148 valence electrons. The summed E-state index contributed by atoms with van der Waals surface area (Å²) in [5, 5.41) is 19.5. The van der Waals surface area contributed by atoms with Crippen molar-refractivity contribution in [2.45, 2.75) is 4.90 Å². The lowest BCUT2D eigenvalue weighted by Crippen LogP contribution is -2.31. The molecule has 0 spiro atoms. The van der Waals surface area contributed by atoms with Crippen molar-refractivity contribution in [1.82, 2.24) is 4.31 Å². The number of para-hydroxylation sites is 1. The number of hydrogen-bond donors (Lipinski definition) is 1. The normalized spacial score (nSPS) is 11.8. The van der Waals surface area contributed by atoms with E-state index in [0.29, 0.717) is 19.8 Å². The maximum Gasteiger partial charge on any atom is 0.289 e. The van der Waals surface area contributed by atoms with Crippen LogP contribution in [0.3, 0.4) is 0 Å². The Balaban J connectivity index is 2.35. The third kappa shape index (κ3) is 7.32. The van der Waals surface area contributed by atoms with Crippen LogP contribution in [0.5, 0.6) is 0 Å². The summed E-state index contributed by atoms with van der Waals surface area (Å²) in [6, 6.07) is 5.21. The van der Waals surface area contributed by atoms with E-state index in [-0.39, 0.29) is 37.9 Å². The molecule has 0 heterocycles. The predicted octanol–water partition coefficient (Wildman–Crippen LogP) is 0.257. The Kier molecular flexibility index (Phi) is 10.2. The summed E-state index contributed by atoms with van der Waals surface area (Å²) in [7, 11) is -2.64. The molecule has 10 nitrogen and oxygen atoms in total. The van der Waals surface area contributed by atoms with Crippen LogP contribution in [0.4, 0.5) is 5.69 Å². The van der Waals surface area contributed by atoms with Gasteiger partial charge in [-0.15, -0.1) is 0 Å². The van der Waals surface area contributed by atoms with Gasteiger partial charge in [-0.05, 0) is 6.07 Å². The van der Waals surface area contributed by atoms with Crippen LogP contribution < -0.4 is 0 Å². The first-order chi connectivity index (χ1) is 12.4. The molecule has 1 aromatic carbocycles. The van der Waals surface area contributed by atoms with Gasteiger partial charge < -0.3 is 19.3 Å². The molecule has 1 rings (SSSR count). The molecule has 0 amide bonds. The zero-order chi connectivity index (χ0) is 19.4. The highest BCUT2D eigenvalue weighted by Gasteiger charge is 2.28. The minimum atomic E-state index is -3.98. The van der Waals surface area contributed by atoms with Gasteiger partial charge in [-0.25, -0.2) is 8.42 Å². The first-order valence-corrected chi connectivity index (χ1v) is 9.39. The molecule has 0 aliphatic rings. The van der Waals surface area contributed by atoms with E-state index in [4.69, 9.17) is 19.3 Å². The van der Waals surface area contributed by atoms with Gasteiger partial charge in [0.15, 0.2) is 4.90 Å². The van der Waals surface area contributed by atoms with Crippen LogP contribution in [0, 0.1) is 10.1 Å². The molecule has 0 saturated heterocycles. The van der Waals surface area contributed by atoms with E-state index in [1.807, 2.05) is 0 Å². The van der Waals surface area contributed by atoms with Crippen molar-refractivity contribution in [2.24, 2.45) is 0 Å². The summed E-state index contributed by atoms with van der Waals surface area (Å²) >= 11 is 0. The number of benzene rings is 1. The van der Waals surface area contributed by atoms with Gasteiger partial charge in [0.25, 0.3) is 5.69 Å². The monoisotopic (exact) mass is 392 g/mol. The minimum absolute atomic E-state index is 0.0360. The first kappa shape index (κ1) is 22.4. The topological polar surface area (TPSA) is 128 Å². The quantitative estimate of drug-likeness (QED) is 0.271. The van der Waals surface area contributed by atoms with Crippen LogP contribution in [0.25, 0.3) is 0 Å². The van der Waals surface area contributed by atoms with Gasteiger partial charge in [-0.1, -0.05) is 12.1 Å². The number of aliphatic hydroxyl groups excluding tert-OH is 1. The Hall–Kier alpha value is -1.63. The zero-order valence-electron chi connectivity index (χ0n) is 14.6. The maximum absolute atomic E-state index is 12.5. The van der Waals surface area contributed by atoms with Crippen LogP contribution >= 0.6 is 0 Å². The second-order valence-corrected chi connectivity index (χ2v) is 7.13. The Morgan fingerprint density at radius 1 is 1.04 bits per heavy atom. The summed E-state index contributed by atoms with van der Waals surface area (Å²) in [5.41, 5.74) is -0.461. The fourth-order valence-electron chi connectivity index (χ4n) is 1.91. The average Bonchev–Trinajstić information content (AvgIpc) is 2.63. The van der Waals surface area contributed by atoms with Gasteiger partial charge in [0.1, 0.15) is 0 Å². The number of rotatable bonds is 14. The van der Waals surface area contributed by atoms with Crippen molar-refractivity contribution in [3.05, 3.63) is 34.4 Å². The van der Waals surface area contributed by atoms with Crippen molar-refractivity contribution < 1.29 is 32.7 Å². The summed E-state index contributed by atoms with van der Waals surface area (Å²) in [5.74, 6) is 0. The van der Waals surface area contributed by atoms with Crippen LogP contribution in [-0.2, 0) is 24.2 Å². The fourth-order valence-corrected chi connectivity index (χ4v) is 3.22. The third-order valence-corrected chi connectivity index (χ3v) is 5.18. The molecule has 1 N–H and O–H groups in total. The van der Waals surface area contributed by atoms with Crippen LogP contribution in [0.15, 0.2) is 29.2 Å². The summed E-state index contributed by atoms with van der Waals surface area (Å²) in [4.78, 5) is 9.93. The molecule has 0 atom stereocenters. The van der Waals surface area contributed by atoms with Gasteiger partial charge in [-0.3, -0.25) is 10.1 Å². The Labute approximate surface area is 152 Å². The summed E-state index contributed by atoms with van der Waals surface area (Å²) < 4.78 is 41.5. The molecule has 1 aromatic rings. The lowest BCUT2D eigenvalue weighted by atomic mass is 10.3. The van der Waals surface area contributed by atoms with E-state index in [1.165, 1.54) is 25.2 Å². The molecule has 0 aliphatic carbocycles. The number of hydrogen-bond acceptors (Lipinski definition) is 8. The second kappa shape index (κ2) is 11.9. The largest absolute Gasteiger partial charge is 0.394 e. The maximum atomic E-state index is 12.5.